The van der Waals surface area contributed by atoms with Gasteiger partial charge in [-0.1, -0.05) is 48.5 Å². The summed E-state index contributed by atoms with van der Waals surface area (Å²) < 4.78 is 5.10. The van der Waals surface area contributed by atoms with E-state index >= 15 is 0 Å². The number of para-hydroxylation sites is 1. The minimum Gasteiger partial charge on any atom is -0.384 e. The summed E-state index contributed by atoms with van der Waals surface area (Å²) >= 11 is 0. The number of fused-ring (bicyclic) bond motifs is 1. The Morgan fingerprint density at radius 1 is 1.05 bits per heavy atom. The van der Waals surface area contributed by atoms with Crippen LogP contribution in [0.5, 0.6) is 0 Å². The number of aliphatic hydroxyl groups excluding tert-OH is 1. The van der Waals surface area contributed by atoms with E-state index in [1.165, 1.54) is 0 Å². The Bertz CT molecular complexity index is 732. The molecule has 1 aromatic heterocycles. The van der Waals surface area contributed by atoms with Crippen LogP contribution in [0.1, 0.15) is 22.8 Å². The molecule has 0 bridgehead atoms. The van der Waals surface area contributed by atoms with Crippen LogP contribution in [0.3, 0.4) is 0 Å². The molecule has 21 heavy (non-hydrogen) atoms. The minimum absolute atomic E-state index is 0.576. The molecule has 3 rings (SSSR count). The predicted molar refractivity (Wildman–Crippen MR) is 83.0 cm³/mol. The zero-order chi connectivity index (χ0) is 14.7. The molecule has 1 unspecified atom stereocenters. The van der Waals surface area contributed by atoms with Gasteiger partial charge in [0, 0.05) is 24.3 Å². The zero-order valence-electron chi connectivity index (χ0n) is 11.9. The number of rotatable bonds is 4. The molecule has 0 radical (unpaired) electrons. The van der Waals surface area contributed by atoms with Crippen molar-refractivity contribution in [3.05, 3.63) is 77.5 Å². The lowest BCUT2D eigenvalue weighted by molar-refractivity contribution is 0.184. The molecule has 0 amide bonds. The monoisotopic (exact) mass is 279 g/mol. The number of aliphatic hydroxyl groups is 1. The Labute approximate surface area is 123 Å². The van der Waals surface area contributed by atoms with Crippen molar-refractivity contribution in [1.29, 1.82) is 0 Å². The first-order chi connectivity index (χ1) is 10.3. The van der Waals surface area contributed by atoms with E-state index < -0.39 is 6.10 Å². The first-order valence-corrected chi connectivity index (χ1v) is 6.89. The van der Waals surface area contributed by atoms with E-state index in [-0.39, 0.29) is 0 Å². The van der Waals surface area contributed by atoms with Crippen LogP contribution < -0.4 is 0 Å². The molecule has 106 valence electrons. The highest BCUT2D eigenvalue weighted by Crippen LogP contribution is 2.27. The first-order valence-electron chi connectivity index (χ1n) is 6.89. The predicted octanol–water partition coefficient (Wildman–Crippen LogP) is 3.46. The Morgan fingerprint density at radius 3 is 2.57 bits per heavy atom. The number of aromatic nitrogens is 1. The molecule has 3 aromatic rings. The third-order valence-electron chi connectivity index (χ3n) is 3.56. The van der Waals surface area contributed by atoms with Crippen LogP contribution in [0.15, 0.2) is 60.8 Å². The van der Waals surface area contributed by atoms with Crippen LogP contribution in [-0.2, 0) is 11.3 Å². The van der Waals surface area contributed by atoms with Crippen molar-refractivity contribution in [2.45, 2.75) is 12.7 Å². The van der Waals surface area contributed by atoms with Crippen molar-refractivity contribution in [3.8, 4) is 0 Å². The maximum atomic E-state index is 10.6. The second kappa shape index (κ2) is 6.04. The first kappa shape index (κ1) is 13.7. The van der Waals surface area contributed by atoms with Crippen LogP contribution in [0, 0.1) is 0 Å². The van der Waals surface area contributed by atoms with E-state index in [1.807, 2.05) is 54.6 Å². The lowest BCUT2D eigenvalue weighted by atomic mass is 9.98. The van der Waals surface area contributed by atoms with Gasteiger partial charge in [-0.05, 0) is 17.2 Å². The van der Waals surface area contributed by atoms with Gasteiger partial charge in [0.2, 0.25) is 0 Å². The molecule has 2 aromatic carbocycles. The molecular weight excluding hydrogens is 262 g/mol. The van der Waals surface area contributed by atoms with E-state index in [0.717, 1.165) is 27.6 Å². The summed E-state index contributed by atoms with van der Waals surface area (Å²) in [6, 6.07) is 17.6. The number of benzene rings is 2. The van der Waals surface area contributed by atoms with E-state index in [0.29, 0.717) is 6.61 Å². The number of pyridine rings is 1. The summed E-state index contributed by atoms with van der Waals surface area (Å²) in [7, 11) is 1.67. The van der Waals surface area contributed by atoms with Gasteiger partial charge in [-0.2, -0.15) is 0 Å². The fourth-order valence-electron chi connectivity index (χ4n) is 2.49. The third-order valence-corrected chi connectivity index (χ3v) is 3.56. The van der Waals surface area contributed by atoms with Gasteiger partial charge < -0.3 is 9.84 Å². The molecule has 3 heteroatoms. The summed E-state index contributed by atoms with van der Waals surface area (Å²) in [5.74, 6) is 0. The van der Waals surface area contributed by atoms with Crippen molar-refractivity contribution in [3.63, 3.8) is 0 Å². The molecule has 0 aliphatic heterocycles. The summed E-state index contributed by atoms with van der Waals surface area (Å²) in [6.45, 7) is 0.576. The number of hydrogen-bond donors (Lipinski definition) is 1. The van der Waals surface area contributed by atoms with Gasteiger partial charge in [0.25, 0.3) is 0 Å². The van der Waals surface area contributed by atoms with Gasteiger partial charge in [-0.25, -0.2) is 0 Å². The van der Waals surface area contributed by atoms with Crippen molar-refractivity contribution in [2.24, 2.45) is 0 Å². The lowest BCUT2D eigenvalue weighted by Crippen LogP contribution is -2.01. The van der Waals surface area contributed by atoms with Gasteiger partial charge >= 0.3 is 0 Å². The second-order valence-corrected chi connectivity index (χ2v) is 5.00. The average molecular weight is 279 g/mol. The van der Waals surface area contributed by atoms with E-state index in [9.17, 15) is 5.11 Å². The van der Waals surface area contributed by atoms with Gasteiger partial charge in [-0.15, -0.1) is 0 Å². The smallest absolute Gasteiger partial charge is 0.106 e. The Morgan fingerprint density at radius 2 is 1.81 bits per heavy atom. The molecule has 0 aliphatic carbocycles. The SMILES string of the molecule is COCc1ccc(C(O)c2cccc3cccnc23)cc1. The maximum absolute atomic E-state index is 10.6. The Balaban J connectivity index is 1.98. The summed E-state index contributed by atoms with van der Waals surface area (Å²) in [6.07, 6.45) is 1.07. The number of hydrogen-bond acceptors (Lipinski definition) is 3. The fraction of sp³-hybridized carbons (Fsp3) is 0.167. The van der Waals surface area contributed by atoms with Crippen LogP contribution >= 0.6 is 0 Å². The van der Waals surface area contributed by atoms with Crippen LogP contribution in [0.25, 0.3) is 10.9 Å². The highest BCUT2D eigenvalue weighted by molar-refractivity contribution is 5.82. The molecule has 1 atom stereocenters. The van der Waals surface area contributed by atoms with Crippen molar-refractivity contribution >= 4 is 10.9 Å². The van der Waals surface area contributed by atoms with E-state index in [2.05, 4.69) is 4.98 Å². The van der Waals surface area contributed by atoms with Gasteiger partial charge in [-0.3, -0.25) is 4.98 Å². The molecule has 1 heterocycles. The maximum Gasteiger partial charge on any atom is 0.106 e. The van der Waals surface area contributed by atoms with Crippen molar-refractivity contribution in [2.75, 3.05) is 7.11 Å². The van der Waals surface area contributed by atoms with Crippen LogP contribution in [0.2, 0.25) is 0 Å². The number of ether oxygens (including phenoxy) is 1. The van der Waals surface area contributed by atoms with Gasteiger partial charge in [0.1, 0.15) is 6.10 Å². The highest BCUT2D eigenvalue weighted by atomic mass is 16.5. The normalized spacial score (nSPS) is 12.5. The van der Waals surface area contributed by atoms with Crippen molar-refractivity contribution in [1.82, 2.24) is 4.98 Å². The standard InChI is InChI=1S/C18H17NO2/c1-21-12-13-7-9-15(10-8-13)18(20)16-6-2-4-14-5-3-11-19-17(14)16/h2-11,18,20H,12H2,1H3. The van der Waals surface area contributed by atoms with Crippen molar-refractivity contribution < 1.29 is 9.84 Å². The highest BCUT2D eigenvalue weighted by Gasteiger charge is 2.14. The summed E-state index contributed by atoms with van der Waals surface area (Å²) in [5.41, 5.74) is 3.61. The second-order valence-electron chi connectivity index (χ2n) is 5.00. The lowest BCUT2D eigenvalue weighted by Gasteiger charge is -2.14. The van der Waals surface area contributed by atoms with E-state index in [4.69, 9.17) is 4.74 Å². The zero-order valence-corrected chi connectivity index (χ0v) is 11.9. The fourth-order valence-corrected chi connectivity index (χ4v) is 2.49. The molecule has 0 saturated heterocycles. The van der Waals surface area contributed by atoms with Crippen LogP contribution in [-0.4, -0.2) is 17.2 Å². The molecule has 0 saturated carbocycles. The molecular formula is C18H17NO2. The number of methoxy groups -OCH3 is 1. The molecule has 0 fully saturated rings. The molecule has 0 aliphatic rings. The average Bonchev–Trinajstić information content (AvgIpc) is 2.55. The summed E-state index contributed by atoms with van der Waals surface area (Å²) in [4.78, 5) is 4.39. The molecule has 0 spiro atoms. The van der Waals surface area contributed by atoms with E-state index in [1.54, 1.807) is 13.3 Å². The molecule has 3 nitrogen and oxygen atoms in total. The largest absolute Gasteiger partial charge is 0.384 e. The Hall–Kier alpha value is -2.23. The third kappa shape index (κ3) is 2.79. The van der Waals surface area contributed by atoms with Gasteiger partial charge in [0.05, 0.1) is 12.1 Å². The van der Waals surface area contributed by atoms with Gasteiger partial charge in [0.15, 0.2) is 0 Å². The summed E-state index contributed by atoms with van der Waals surface area (Å²) in [5, 5.41) is 11.7. The molecule has 1 N–H and O–H groups in total. The minimum atomic E-state index is -0.680. The number of nitrogens with zero attached hydrogens (tertiary/aromatic N) is 1. The topological polar surface area (TPSA) is 42.4 Å². The van der Waals surface area contributed by atoms with Crippen LogP contribution in [0.4, 0.5) is 0 Å². The quantitative estimate of drug-likeness (QED) is 0.795. The Kier molecular flexibility index (Phi) is 3.95.